The zero-order valence-electron chi connectivity index (χ0n) is 9.66. The van der Waals surface area contributed by atoms with Crippen LogP contribution in [0, 0.1) is 17.2 Å². The molecule has 1 unspecified atom stereocenters. The third-order valence-corrected chi connectivity index (χ3v) is 2.28. The molecule has 3 N–H and O–H groups in total. The average molecular weight is 219 g/mol. The molecular formula is C12H17N3O. The van der Waals surface area contributed by atoms with Crippen molar-refractivity contribution in [3.8, 4) is 6.07 Å². The van der Waals surface area contributed by atoms with Gasteiger partial charge in [-0.3, -0.25) is 0 Å². The molecule has 0 bridgehead atoms. The molecule has 86 valence electrons. The summed E-state index contributed by atoms with van der Waals surface area (Å²) in [5, 5.41) is 12.0. The zero-order valence-corrected chi connectivity index (χ0v) is 9.66. The van der Waals surface area contributed by atoms with E-state index in [2.05, 4.69) is 12.2 Å². The highest BCUT2D eigenvalue weighted by Crippen LogP contribution is 2.17. The first kappa shape index (κ1) is 12.3. The lowest BCUT2D eigenvalue weighted by atomic mass is 10.1. The molecule has 0 fully saturated rings. The van der Waals surface area contributed by atoms with Crippen LogP contribution in [0.25, 0.3) is 0 Å². The van der Waals surface area contributed by atoms with Crippen molar-refractivity contribution >= 4 is 11.4 Å². The lowest BCUT2D eigenvalue weighted by Crippen LogP contribution is -2.15. The van der Waals surface area contributed by atoms with Crippen LogP contribution in [-0.2, 0) is 4.74 Å². The lowest BCUT2D eigenvalue weighted by molar-refractivity contribution is 0.164. The summed E-state index contributed by atoms with van der Waals surface area (Å²) in [5.41, 5.74) is 7.66. The van der Waals surface area contributed by atoms with Crippen molar-refractivity contribution < 1.29 is 4.74 Å². The number of nitriles is 1. The molecule has 0 aliphatic heterocycles. The molecule has 1 aromatic rings. The van der Waals surface area contributed by atoms with Crippen LogP contribution in [0.5, 0.6) is 0 Å². The molecule has 0 aliphatic carbocycles. The Kier molecular flexibility index (Phi) is 4.62. The predicted molar refractivity (Wildman–Crippen MR) is 65.1 cm³/mol. The Morgan fingerprint density at radius 1 is 1.56 bits per heavy atom. The molecule has 0 saturated carbocycles. The van der Waals surface area contributed by atoms with E-state index in [-0.39, 0.29) is 0 Å². The number of nitrogens with one attached hydrogen (secondary N) is 1. The normalized spacial score (nSPS) is 11.8. The molecule has 0 aliphatic rings. The van der Waals surface area contributed by atoms with Gasteiger partial charge in [0.25, 0.3) is 0 Å². The van der Waals surface area contributed by atoms with E-state index in [1.54, 1.807) is 19.2 Å². The fourth-order valence-corrected chi connectivity index (χ4v) is 1.41. The maximum Gasteiger partial charge on any atom is 0.101 e. The monoisotopic (exact) mass is 219 g/mol. The summed E-state index contributed by atoms with van der Waals surface area (Å²) < 4.78 is 5.04. The molecule has 4 heteroatoms. The van der Waals surface area contributed by atoms with Crippen LogP contribution in [0.1, 0.15) is 12.5 Å². The number of anilines is 2. The summed E-state index contributed by atoms with van der Waals surface area (Å²) in [6, 6.07) is 7.39. The van der Waals surface area contributed by atoms with E-state index in [1.807, 2.05) is 12.1 Å². The SMILES string of the molecule is COCC(C)CNc1ccc(C#N)c(N)c1. The van der Waals surface area contributed by atoms with Crippen LogP contribution in [0.2, 0.25) is 0 Å². The summed E-state index contributed by atoms with van der Waals surface area (Å²) >= 11 is 0. The minimum atomic E-state index is 0.432. The van der Waals surface area contributed by atoms with Crippen molar-refractivity contribution in [1.82, 2.24) is 0 Å². The van der Waals surface area contributed by atoms with Gasteiger partial charge in [-0.05, 0) is 24.1 Å². The third-order valence-electron chi connectivity index (χ3n) is 2.28. The van der Waals surface area contributed by atoms with Crippen LogP contribution in [0.3, 0.4) is 0 Å². The molecular weight excluding hydrogens is 202 g/mol. The number of nitrogens with two attached hydrogens (primary N) is 1. The molecule has 4 nitrogen and oxygen atoms in total. The summed E-state index contributed by atoms with van der Waals surface area (Å²) in [6.45, 7) is 3.64. The third kappa shape index (κ3) is 3.44. The predicted octanol–water partition coefficient (Wildman–Crippen LogP) is 1.83. The molecule has 0 amide bonds. The highest BCUT2D eigenvalue weighted by molar-refractivity contribution is 5.62. The highest BCUT2D eigenvalue weighted by Gasteiger charge is 2.03. The number of hydrogen-bond acceptors (Lipinski definition) is 4. The van der Waals surface area contributed by atoms with E-state index in [0.717, 1.165) is 18.8 Å². The fraction of sp³-hybridized carbons (Fsp3) is 0.417. The Hall–Kier alpha value is -1.73. The molecule has 0 heterocycles. The summed E-state index contributed by atoms with van der Waals surface area (Å²) in [6.07, 6.45) is 0. The van der Waals surface area contributed by atoms with Crippen molar-refractivity contribution in [3.05, 3.63) is 23.8 Å². The first-order chi connectivity index (χ1) is 7.67. The van der Waals surface area contributed by atoms with E-state index in [4.69, 9.17) is 15.7 Å². The largest absolute Gasteiger partial charge is 0.398 e. The second kappa shape index (κ2) is 5.99. The van der Waals surface area contributed by atoms with Gasteiger partial charge in [-0.1, -0.05) is 6.92 Å². The van der Waals surface area contributed by atoms with Gasteiger partial charge in [0.2, 0.25) is 0 Å². The highest BCUT2D eigenvalue weighted by atomic mass is 16.5. The lowest BCUT2D eigenvalue weighted by Gasteiger charge is -2.13. The zero-order chi connectivity index (χ0) is 12.0. The Labute approximate surface area is 96.0 Å². The number of ether oxygens (including phenoxy) is 1. The second-order valence-corrected chi connectivity index (χ2v) is 3.86. The van der Waals surface area contributed by atoms with E-state index in [0.29, 0.717) is 17.2 Å². The summed E-state index contributed by atoms with van der Waals surface area (Å²) in [4.78, 5) is 0. The van der Waals surface area contributed by atoms with Crippen LogP contribution in [-0.4, -0.2) is 20.3 Å². The minimum absolute atomic E-state index is 0.432. The molecule has 0 aromatic heterocycles. The molecule has 16 heavy (non-hydrogen) atoms. The maximum absolute atomic E-state index is 8.73. The molecule has 0 saturated heterocycles. The standard InChI is InChI=1S/C12H17N3O/c1-9(8-16-2)7-15-11-4-3-10(6-13)12(14)5-11/h3-5,9,15H,7-8,14H2,1-2H3. The molecule has 0 spiro atoms. The van der Waals surface area contributed by atoms with E-state index in [1.165, 1.54) is 0 Å². The minimum Gasteiger partial charge on any atom is -0.398 e. The first-order valence-electron chi connectivity index (χ1n) is 5.19. The van der Waals surface area contributed by atoms with Crippen molar-refractivity contribution in [1.29, 1.82) is 5.26 Å². The van der Waals surface area contributed by atoms with Crippen molar-refractivity contribution in [2.75, 3.05) is 31.3 Å². The molecule has 1 aromatic carbocycles. The van der Waals surface area contributed by atoms with Crippen LogP contribution >= 0.6 is 0 Å². The van der Waals surface area contributed by atoms with Crippen molar-refractivity contribution in [2.45, 2.75) is 6.92 Å². The average Bonchev–Trinajstić information content (AvgIpc) is 2.27. The number of benzene rings is 1. The van der Waals surface area contributed by atoms with Crippen LogP contribution in [0.15, 0.2) is 18.2 Å². The number of nitrogens with zero attached hydrogens (tertiary/aromatic N) is 1. The van der Waals surface area contributed by atoms with E-state index >= 15 is 0 Å². The smallest absolute Gasteiger partial charge is 0.101 e. The number of methoxy groups -OCH3 is 1. The fourth-order valence-electron chi connectivity index (χ4n) is 1.41. The number of rotatable bonds is 5. The van der Waals surface area contributed by atoms with Crippen molar-refractivity contribution in [3.63, 3.8) is 0 Å². The van der Waals surface area contributed by atoms with Crippen LogP contribution in [0.4, 0.5) is 11.4 Å². The van der Waals surface area contributed by atoms with Gasteiger partial charge in [0.05, 0.1) is 17.9 Å². The second-order valence-electron chi connectivity index (χ2n) is 3.86. The maximum atomic E-state index is 8.73. The van der Waals surface area contributed by atoms with Gasteiger partial charge in [-0.2, -0.15) is 5.26 Å². The van der Waals surface area contributed by atoms with Gasteiger partial charge in [-0.15, -0.1) is 0 Å². The van der Waals surface area contributed by atoms with Gasteiger partial charge in [0.1, 0.15) is 6.07 Å². The quantitative estimate of drug-likeness (QED) is 0.741. The summed E-state index contributed by atoms with van der Waals surface area (Å²) in [5.74, 6) is 0.432. The molecule has 1 rings (SSSR count). The Morgan fingerprint density at radius 3 is 2.88 bits per heavy atom. The van der Waals surface area contributed by atoms with Gasteiger partial charge < -0.3 is 15.8 Å². The van der Waals surface area contributed by atoms with E-state index in [9.17, 15) is 0 Å². The van der Waals surface area contributed by atoms with Gasteiger partial charge in [0, 0.05) is 19.3 Å². The van der Waals surface area contributed by atoms with Gasteiger partial charge >= 0.3 is 0 Å². The molecule has 1 atom stereocenters. The Morgan fingerprint density at radius 2 is 2.31 bits per heavy atom. The van der Waals surface area contributed by atoms with Gasteiger partial charge in [0.15, 0.2) is 0 Å². The van der Waals surface area contributed by atoms with Crippen molar-refractivity contribution in [2.24, 2.45) is 5.92 Å². The van der Waals surface area contributed by atoms with Crippen LogP contribution < -0.4 is 11.1 Å². The Balaban J connectivity index is 2.56. The number of nitrogen functional groups attached to an aromatic ring is 1. The van der Waals surface area contributed by atoms with Gasteiger partial charge in [-0.25, -0.2) is 0 Å². The number of hydrogen-bond donors (Lipinski definition) is 2. The Bertz CT molecular complexity index is 384. The first-order valence-corrected chi connectivity index (χ1v) is 5.19. The molecule has 0 radical (unpaired) electrons. The topological polar surface area (TPSA) is 71.1 Å². The summed E-state index contributed by atoms with van der Waals surface area (Å²) in [7, 11) is 1.69. The van der Waals surface area contributed by atoms with E-state index < -0.39 is 0 Å².